The Hall–Kier alpha value is -2.46. The fourth-order valence-corrected chi connectivity index (χ4v) is 5.35. The van der Waals surface area contributed by atoms with Crippen LogP contribution < -0.4 is 11.3 Å². The van der Waals surface area contributed by atoms with Crippen molar-refractivity contribution in [1.29, 1.82) is 0 Å². The molecule has 1 aliphatic rings. The normalized spacial score (nSPS) is 27.4. The number of aliphatic hydroxyl groups is 2. The van der Waals surface area contributed by atoms with Gasteiger partial charge in [-0.2, -0.15) is 9.29 Å². The molecule has 1 saturated heterocycles. The van der Waals surface area contributed by atoms with Crippen LogP contribution in [0.15, 0.2) is 29.8 Å². The summed E-state index contributed by atoms with van der Waals surface area (Å²) in [6.45, 7) is -0.810. The fraction of sp³-hybridized carbons (Fsp3) is 0.385. The quantitative estimate of drug-likeness (QED) is 0.201. The van der Waals surface area contributed by atoms with E-state index in [0.29, 0.717) is 4.34 Å². The fourth-order valence-electron chi connectivity index (χ4n) is 3.00. The Kier molecular flexibility index (Phi) is 5.79. The number of fused-ring (bicyclic) bond motifs is 1. The number of anilines is 1. The smallest absolute Gasteiger partial charge is 0.387 e. The van der Waals surface area contributed by atoms with E-state index in [1.54, 1.807) is 0 Å². The van der Waals surface area contributed by atoms with Gasteiger partial charge >= 0.3 is 15.6 Å². The Bertz CT molecular complexity index is 1280. The van der Waals surface area contributed by atoms with Crippen molar-refractivity contribution < 1.29 is 42.7 Å². The summed E-state index contributed by atoms with van der Waals surface area (Å²) in [6.07, 6.45) is -1.68. The standard InChI is InChI=1S/C13H17N7O10P2/c14-13-17-10-7(11(23)18-13)16-5-20(10)12-9(22)8(21)6(29-12)3-28-32(26,27)30-31(24,25)19-2-1-15-4-19/h1-2,4-6,8-9,12,21-22H,3H2,(H,24,25)(H,26,27)(H3,14,17,18,23)/t6-,8?,9+,12-/m1/s1. The molecule has 3 aromatic heterocycles. The van der Waals surface area contributed by atoms with E-state index < -0.39 is 52.3 Å². The number of nitrogens with two attached hydrogens (primary N) is 1. The van der Waals surface area contributed by atoms with Crippen LogP contribution in [0.4, 0.5) is 5.95 Å². The zero-order chi connectivity index (χ0) is 23.3. The molecule has 17 nitrogen and oxygen atoms in total. The molecule has 3 unspecified atom stereocenters. The van der Waals surface area contributed by atoms with E-state index in [-0.39, 0.29) is 17.1 Å². The number of phosphoric acid groups is 1. The minimum absolute atomic E-state index is 0.0400. The van der Waals surface area contributed by atoms with Crippen LogP contribution in [0, 0.1) is 0 Å². The number of nitrogens with one attached hydrogen (secondary N) is 1. The number of aromatic amines is 1. The lowest BCUT2D eigenvalue weighted by Gasteiger charge is -2.19. The summed E-state index contributed by atoms with van der Waals surface area (Å²) in [6, 6.07) is 0. The first-order valence-electron chi connectivity index (χ1n) is 8.73. The van der Waals surface area contributed by atoms with E-state index in [1.807, 2.05) is 0 Å². The van der Waals surface area contributed by atoms with Gasteiger partial charge in [0.25, 0.3) is 5.56 Å². The third-order valence-electron chi connectivity index (χ3n) is 4.46. The van der Waals surface area contributed by atoms with Crippen molar-refractivity contribution in [2.75, 3.05) is 12.3 Å². The van der Waals surface area contributed by atoms with Crippen molar-refractivity contribution in [1.82, 2.24) is 28.8 Å². The first kappa shape index (κ1) is 22.7. The van der Waals surface area contributed by atoms with E-state index in [9.17, 15) is 33.9 Å². The molecule has 4 rings (SSSR count). The number of phosphoric ester groups is 1. The molecule has 0 bridgehead atoms. The van der Waals surface area contributed by atoms with E-state index in [4.69, 9.17) is 10.5 Å². The summed E-state index contributed by atoms with van der Waals surface area (Å²) in [4.78, 5) is 45.0. The molecule has 7 N–H and O–H groups in total. The van der Waals surface area contributed by atoms with Gasteiger partial charge in [-0.1, -0.05) is 0 Å². The molecule has 4 heterocycles. The van der Waals surface area contributed by atoms with Crippen LogP contribution >= 0.6 is 15.6 Å². The molecule has 0 aromatic carbocycles. The molecule has 6 atom stereocenters. The Morgan fingerprint density at radius 1 is 1.25 bits per heavy atom. The lowest BCUT2D eigenvalue weighted by molar-refractivity contribution is -0.0502. The van der Waals surface area contributed by atoms with Crippen molar-refractivity contribution in [2.24, 2.45) is 0 Å². The van der Waals surface area contributed by atoms with Gasteiger partial charge < -0.3 is 30.5 Å². The summed E-state index contributed by atoms with van der Waals surface area (Å²) in [5, 5.41) is 20.6. The van der Waals surface area contributed by atoms with Crippen LogP contribution in [-0.4, -0.2) is 73.8 Å². The highest BCUT2D eigenvalue weighted by atomic mass is 31.3. The highest BCUT2D eigenvalue weighted by molar-refractivity contribution is 7.63. The third-order valence-corrected chi connectivity index (χ3v) is 7.43. The Balaban J connectivity index is 1.48. The molecule has 1 fully saturated rings. The van der Waals surface area contributed by atoms with Crippen molar-refractivity contribution >= 4 is 32.7 Å². The van der Waals surface area contributed by atoms with Gasteiger partial charge in [-0.25, -0.2) is 23.4 Å². The molecular weight excluding hydrogens is 476 g/mol. The van der Waals surface area contributed by atoms with Gasteiger partial charge in [-0.05, 0) is 0 Å². The molecular formula is C13H17N7O10P2. The molecule has 19 heteroatoms. The third kappa shape index (κ3) is 4.25. The minimum atomic E-state index is -5.11. The van der Waals surface area contributed by atoms with Crippen molar-refractivity contribution in [2.45, 2.75) is 24.5 Å². The van der Waals surface area contributed by atoms with Crippen LogP contribution in [0.25, 0.3) is 11.2 Å². The minimum Gasteiger partial charge on any atom is -0.387 e. The molecule has 32 heavy (non-hydrogen) atoms. The van der Waals surface area contributed by atoms with Crippen LogP contribution in [0.3, 0.4) is 0 Å². The Morgan fingerprint density at radius 3 is 2.69 bits per heavy atom. The predicted octanol–water partition coefficient (Wildman–Crippen LogP) is -1.70. The van der Waals surface area contributed by atoms with Crippen molar-refractivity contribution in [3.05, 3.63) is 35.4 Å². The summed E-state index contributed by atoms with van der Waals surface area (Å²) in [5.41, 5.74) is 4.74. The molecule has 1 aliphatic heterocycles. The number of aromatic nitrogens is 6. The molecule has 0 radical (unpaired) electrons. The second-order valence-corrected chi connectivity index (χ2v) is 9.89. The first-order valence-corrected chi connectivity index (χ1v) is 11.8. The molecule has 0 aliphatic carbocycles. The number of hydrogen-bond acceptors (Lipinski definition) is 12. The van der Waals surface area contributed by atoms with Gasteiger partial charge in [-0.15, -0.1) is 0 Å². The number of ether oxygens (including phenoxy) is 1. The zero-order valence-corrected chi connectivity index (χ0v) is 17.6. The van der Waals surface area contributed by atoms with Crippen LogP contribution in [-0.2, 0) is 22.7 Å². The summed E-state index contributed by atoms with van der Waals surface area (Å²) >= 11 is 0. The predicted molar refractivity (Wildman–Crippen MR) is 103 cm³/mol. The second kappa shape index (κ2) is 8.15. The number of imidazole rings is 2. The number of nitrogens with zero attached hydrogens (tertiary/aromatic N) is 5. The summed E-state index contributed by atoms with van der Waals surface area (Å²) in [5.74, 6) is -0.220. The average molecular weight is 493 g/mol. The number of hydrogen-bond donors (Lipinski definition) is 6. The van der Waals surface area contributed by atoms with Crippen molar-refractivity contribution in [3.8, 4) is 0 Å². The maximum atomic E-state index is 12.1. The second-order valence-electron chi connectivity index (χ2n) is 6.60. The Morgan fingerprint density at radius 2 is 2.00 bits per heavy atom. The van der Waals surface area contributed by atoms with Gasteiger partial charge in [-0.3, -0.25) is 18.9 Å². The maximum absolute atomic E-state index is 12.1. The van der Waals surface area contributed by atoms with E-state index in [2.05, 4.69) is 28.8 Å². The number of aliphatic hydroxyl groups excluding tert-OH is 2. The van der Waals surface area contributed by atoms with Gasteiger partial charge in [0, 0.05) is 12.4 Å². The summed E-state index contributed by atoms with van der Waals surface area (Å²) < 4.78 is 40.4. The molecule has 3 aromatic rings. The molecule has 0 spiro atoms. The van der Waals surface area contributed by atoms with E-state index in [1.165, 1.54) is 0 Å². The van der Waals surface area contributed by atoms with Crippen LogP contribution in [0.5, 0.6) is 0 Å². The van der Waals surface area contributed by atoms with Crippen LogP contribution in [0.2, 0.25) is 0 Å². The van der Waals surface area contributed by atoms with Crippen molar-refractivity contribution in [3.63, 3.8) is 0 Å². The zero-order valence-electron chi connectivity index (χ0n) is 15.8. The SMILES string of the molecule is Nc1nc2c(ncn2[C@@H]2O[C@H](COP(=O)(O)OP(=O)(O)n3ccnc3)C(O)[C@@H]2O)c(=O)[nH]1. The van der Waals surface area contributed by atoms with E-state index in [0.717, 1.165) is 29.6 Å². The van der Waals surface area contributed by atoms with Gasteiger partial charge in [0.05, 0.1) is 12.9 Å². The van der Waals surface area contributed by atoms with Gasteiger partial charge in [0.15, 0.2) is 17.4 Å². The number of H-pyrrole nitrogens is 1. The molecule has 0 saturated carbocycles. The Labute approximate surface area is 177 Å². The summed E-state index contributed by atoms with van der Waals surface area (Å²) in [7, 11) is -9.91. The largest absolute Gasteiger partial charge is 0.480 e. The molecule has 0 amide bonds. The van der Waals surface area contributed by atoms with E-state index >= 15 is 0 Å². The number of nitrogen functional groups attached to an aromatic ring is 1. The lowest BCUT2D eigenvalue weighted by atomic mass is 10.1. The first-order chi connectivity index (χ1) is 15.0. The molecule has 174 valence electrons. The topological polar surface area (TPSA) is 250 Å². The van der Waals surface area contributed by atoms with Crippen LogP contribution in [0.1, 0.15) is 6.23 Å². The van der Waals surface area contributed by atoms with Gasteiger partial charge in [0.2, 0.25) is 5.95 Å². The monoisotopic (exact) mass is 493 g/mol. The highest BCUT2D eigenvalue weighted by Gasteiger charge is 2.46. The number of rotatable bonds is 7. The average Bonchev–Trinajstić information content (AvgIpc) is 3.41. The van der Waals surface area contributed by atoms with Gasteiger partial charge in [0.1, 0.15) is 24.6 Å². The maximum Gasteiger partial charge on any atom is 0.480 e. The lowest BCUT2D eigenvalue weighted by Crippen LogP contribution is -2.33. The highest BCUT2D eigenvalue weighted by Crippen LogP contribution is 2.60.